The summed E-state index contributed by atoms with van der Waals surface area (Å²) in [5, 5.41) is 0. The van der Waals surface area contributed by atoms with Gasteiger partial charge in [0.25, 0.3) is 0 Å². The number of ether oxygens (including phenoxy) is 1. The van der Waals surface area contributed by atoms with Gasteiger partial charge < -0.3 is 9.64 Å². The summed E-state index contributed by atoms with van der Waals surface area (Å²) in [6.45, 7) is 1.63. The summed E-state index contributed by atoms with van der Waals surface area (Å²) in [5.41, 5.74) is 3.66. The van der Waals surface area contributed by atoms with Crippen molar-refractivity contribution in [3.63, 3.8) is 0 Å². The predicted octanol–water partition coefficient (Wildman–Crippen LogP) is 3.70. The molecule has 3 heterocycles. The molecule has 1 aromatic heterocycles. The number of carbonyl (C=O) groups excluding carboxylic acids is 1. The second-order valence-electron chi connectivity index (χ2n) is 6.93. The highest BCUT2D eigenvalue weighted by molar-refractivity contribution is 5.77. The number of benzene rings is 1. The molecule has 0 N–H and O–H groups in total. The van der Waals surface area contributed by atoms with Crippen LogP contribution < -0.4 is 4.74 Å². The van der Waals surface area contributed by atoms with Crippen LogP contribution in [0.15, 0.2) is 42.7 Å². The minimum absolute atomic E-state index is 0.184. The van der Waals surface area contributed by atoms with Crippen molar-refractivity contribution >= 4 is 5.91 Å². The van der Waals surface area contributed by atoms with Crippen LogP contribution in [0.2, 0.25) is 0 Å². The van der Waals surface area contributed by atoms with E-state index >= 15 is 0 Å². The summed E-state index contributed by atoms with van der Waals surface area (Å²) >= 11 is 0. The van der Waals surface area contributed by atoms with Crippen LogP contribution in [-0.2, 0) is 17.6 Å². The third kappa shape index (κ3) is 3.53. The van der Waals surface area contributed by atoms with Crippen LogP contribution in [0.4, 0.5) is 0 Å². The van der Waals surface area contributed by atoms with Crippen LogP contribution >= 0.6 is 0 Å². The lowest BCUT2D eigenvalue weighted by molar-refractivity contribution is -0.135. The first-order chi connectivity index (χ1) is 12.3. The number of piperidine rings is 1. The monoisotopic (exact) mass is 336 g/mol. The van der Waals surface area contributed by atoms with Gasteiger partial charge in [0.2, 0.25) is 5.91 Å². The number of aryl methyl sites for hydroxylation is 1. The van der Waals surface area contributed by atoms with Gasteiger partial charge >= 0.3 is 0 Å². The molecular weight excluding hydrogens is 312 g/mol. The van der Waals surface area contributed by atoms with Crippen LogP contribution in [0.25, 0.3) is 0 Å². The molecular formula is C21H24N2O2. The summed E-state index contributed by atoms with van der Waals surface area (Å²) in [7, 11) is 0. The number of aromatic nitrogens is 1. The second-order valence-corrected chi connectivity index (χ2v) is 6.93. The second kappa shape index (κ2) is 7.26. The summed E-state index contributed by atoms with van der Waals surface area (Å²) in [6.07, 6.45) is 9.33. The van der Waals surface area contributed by atoms with Gasteiger partial charge in [0.1, 0.15) is 5.75 Å². The Hall–Kier alpha value is -2.36. The molecule has 2 aliphatic rings. The van der Waals surface area contributed by atoms with Crippen LogP contribution in [0.1, 0.15) is 48.4 Å². The van der Waals surface area contributed by atoms with Crippen molar-refractivity contribution in [2.45, 2.75) is 44.6 Å². The molecule has 0 aliphatic carbocycles. The van der Waals surface area contributed by atoms with Gasteiger partial charge in [0.05, 0.1) is 12.6 Å². The van der Waals surface area contributed by atoms with E-state index in [0.717, 1.165) is 50.1 Å². The molecule has 1 aromatic carbocycles. The largest absolute Gasteiger partial charge is 0.493 e. The van der Waals surface area contributed by atoms with Crippen molar-refractivity contribution < 1.29 is 9.53 Å². The van der Waals surface area contributed by atoms with Crippen molar-refractivity contribution in [1.82, 2.24) is 9.88 Å². The quantitative estimate of drug-likeness (QED) is 0.855. The van der Waals surface area contributed by atoms with Gasteiger partial charge in [-0.25, -0.2) is 0 Å². The third-order valence-corrected chi connectivity index (χ3v) is 5.27. The maximum Gasteiger partial charge on any atom is 0.223 e. The molecule has 2 aliphatic heterocycles. The summed E-state index contributed by atoms with van der Waals surface area (Å²) in [4.78, 5) is 19.2. The van der Waals surface area contributed by atoms with Gasteiger partial charge in [0, 0.05) is 31.8 Å². The van der Waals surface area contributed by atoms with Crippen LogP contribution in [-0.4, -0.2) is 28.9 Å². The van der Waals surface area contributed by atoms with Gasteiger partial charge in [-0.15, -0.1) is 0 Å². The van der Waals surface area contributed by atoms with E-state index in [9.17, 15) is 4.79 Å². The van der Waals surface area contributed by atoms with E-state index < -0.39 is 0 Å². The summed E-state index contributed by atoms with van der Waals surface area (Å²) in [6, 6.07) is 10.6. The fourth-order valence-electron chi connectivity index (χ4n) is 3.94. The number of likely N-dealkylation sites (tertiary alicyclic amines) is 1. The molecule has 130 valence electrons. The van der Waals surface area contributed by atoms with Gasteiger partial charge in [0.15, 0.2) is 0 Å². The number of pyridine rings is 1. The van der Waals surface area contributed by atoms with Gasteiger partial charge in [-0.2, -0.15) is 0 Å². The third-order valence-electron chi connectivity index (χ3n) is 5.27. The topological polar surface area (TPSA) is 42.4 Å². The SMILES string of the molecule is O=C(CCc1ccc2c(c1)CCO2)N1CCCCC1c1cccnc1. The van der Waals surface area contributed by atoms with E-state index in [1.54, 1.807) is 6.20 Å². The van der Waals surface area contributed by atoms with E-state index in [0.29, 0.717) is 6.42 Å². The summed E-state index contributed by atoms with van der Waals surface area (Å²) in [5.74, 6) is 1.26. The fourth-order valence-corrected chi connectivity index (χ4v) is 3.94. The van der Waals surface area contributed by atoms with E-state index in [1.807, 2.05) is 18.3 Å². The number of amides is 1. The highest BCUT2D eigenvalue weighted by atomic mass is 16.5. The van der Waals surface area contributed by atoms with Crippen molar-refractivity contribution in [3.05, 3.63) is 59.4 Å². The predicted molar refractivity (Wildman–Crippen MR) is 96.5 cm³/mol. The Kier molecular flexibility index (Phi) is 4.68. The Morgan fingerprint density at radius 3 is 3.12 bits per heavy atom. The zero-order valence-electron chi connectivity index (χ0n) is 14.5. The van der Waals surface area contributed by atoms with E-state index in [4.69, 9.17) is 4.74 Å². The Labute approximate surface area is 148 Å². The Morgan fingerprint density at radius 2 is 2.24 bits per heavy atom. The van der Waals surface area contributed by atoms with Crippen LogP contribution in [0, 0.1) is 0 Å². The maximum absolute atomic E-state index is 12.9. The molecule has 1 unspecified atom stereocenters. The van der Waals surface area contributed by atoms with Crippen molar-refractivity contribution in [3.8, 4) is 5.75 Å². The Bertz CT molecular complexity index is 745. The molecule has 1 saturated heterocycles. The van der Waals surface area contributed by atoms with Crippen LogP contribution in [0.3, 0.4) is 0 Å². The number of nitrogens with zero attached hydrogens (tertiary/aromatic N) is 2. The van der Waals surface area contributed by atoms with Crippen molar-refractivity contribution in [2.75, 3.05) is 13.2 Å². The lowest BCUT2D eigenvalue weighted by Gasteiger charge is -2.36. The van der Waals surface area contributed by atoms with E-state index in [-0.39, 0.29) is 11.9 Å². The van der Waals surface area contributed by atoms with Gasteiger partial charge in [-0.1, -0.05) is 18.2 Å². The van der Waals surface area contributed by atoms with E-state index in [1.165, 1.54) is 17.5 Å². The Balaban J connectivity index is 1.42. The molecule has 0 saturated carbocycles. The standard InChI is InChI=1S/C21H24N2O2/c24-21(9-7-16-6-8-20-17(14-16)10-13-25-20)23-12-2-1-5-19(23)18-4-3-11-22-15-18/h3-4,6,8,11,14-15,19H,1-2,5,7,9-10,12-13H2. The highest BCUT2D eigenvalue weighted by Gasteiger charge is 2.27. The average molecular weight is 336 g/mol. The number of rotatable bonds is 4. The molecule has 0 bridgehead atoms. The smallest absolute Gasteiger partial charge is 0.223 e. The first-order valence-electron chi connectivity index (χ1n) is 9.25. The molecule has 1 amide bonds. The van der Waals surface area contributed by atoms with Gasteiger partial charge in [-0.05, 0) is 54.5 Å². The number of hydrogen-bond donors (Lipinski definition) is 0. The molecule has 0 spiro atoms. The first kappa shape index (κ1) is 16.1. The van der Waals surface area contributed by atoms with Crippen LogP contribution in [0.5, 0.6) is 5.75 Å². The molecule has 25 heavy (non-hydrogen) atoms. The zero-order chi connectivity index (χ0) is 17.1. The molecule has 4 heteroatoms. The lowest BCUT2D eigenvalue weighted by Crippen LogP contribution is -2.38. The number of carbonyl (C=O) groups is 1. The number of fused-ring (bicyclic) bond motifs is 1. The van der Waals surface area contributed by atoms with E-state index in [2.05, 4.69) is 28.1 Å². The lowest BCUT2D eigenvalue weighted by atomic mass is 9.95. The maximum atomic E-state index is 12.9. The first-order valence-corrected chi connectivity index (χ1v) is 9.25. The minimum atomic E-state index is 0.184. The normalized spacial score (nSPS) is 19.4. The molecule has 1 fully saturated rings. The zero-order valence-corrected chi connectivity index (χ0v) is 14.5. The molecule has 0 radical (unpaired) electrons. The number of hydrogen-bond acceptors (Lipinski definition) is 3. The summed E-state index contributed by atoms with van der Waals surface area (Å²) < 4.78 is 5.56. The highest BCUT2D eigenvalue weighted by Crippen LogP contribution is 2.31. The molecule has 4 nitrogen and oxygen atoms in total. The fraction of sp³-hybridized carbons (Fsp3) is 0.429. The minimum Gasteiger partial charge on any atom is -0.493 e. The van der Waals surface area contributed by atoms with Gasteiger partial charge in [-0.3, -0.25) is 9.78 Å². The molecule has 2 aromatic rings. The van der Waals surface area contributed by atoms with Crippen molar-refractivity contribution in [1.29, 1.82) is 0 Å². The Morgan fingerprint density at radius 1 is 1.28 bits per heavy atom. The molecule has 1 atom stereocenters. The van der Waals surface area contributed by atoms with Crippen molar-refractivity contribution in [2.24, 2.45) is 0 Å². The molecule has 4 rings (SSSR count). The average Bonchev–Trinajstić information content (AvgIpc) is 3.14.